The number of carboxylic acid groups (broad SMARTS) is 1. The first-order chi connectivity index (χ1) is 5.54. The van der Waals surface area contributed by atoms with Crippen LogP contribution in [0.25, 0.3) is 0 Å². The van der Waals surface area contributed by atoms with Crippen molar-refractivity contribution in [1.82, 2.24) is 0 Å². The van der Waals surface area contributed by atoms with Gasteiger partial charge in [0.2, 0.25) is 0 Å². The summed E-state index contributed by atoms with van der Waals surface area (Å²) in [6.07, 6.45) is 1.58. The number of rotatable bonds is 1. The molecule has 0 amide bonds. The molecule has 0 aliphatic heterocycles. The molecule has 0 bridgehead atoms. The molecule has 66 valence electrons. The highest BCUT2D eigenvalue weighted by atomic mass is 16.4. The van der Waals surface area contributed by atoms with Crippen molar-refractivity contribution < 1.29 is 9.90 Å². The zero-order chi connectivity index (χ0) is 9.30. The molecule has 0 aromatic heterocycles. The van der Waals surface area contributed by atoms with Crippen LogP contribution in [0.3, 0.4) is 0 Å². The van der Waals surface area contributed by atoms with Crippen molar-refractivity contribution in [2.75, 3.05) is 0 Å². The molecule has 1 aliphatic rings. The lowest BCUT2D eigenvalue weighted by Crippen LogP contribution is -2.09. The van der Waals surface area contributed by atoms with E-state index >= 15 is 0 Å². The van der Waals surface area contributed by atoms with Crippen molar-refractivity contribution in [2.45, 2.75) is 33.6 Å². The quantitative estimate of drug-likeness (QED) is 0.649. The molecule has 0 atom stereocenters. The molecule has 0 aromatic carbocycles. The predicted octanol–water partition coefficient (Wildman–Crippen LogP) is 2.52. The van der Waals surface area contributed by atoms with Gasteiger partial charge in [0.25, 0.3) is 0 Å². The SMILES string of the molecule is CC1=C(C)C(C)=C(C(=O)O)CC1. The van der Waals surface area contributed by atoms with E-state index in [-0.39, 0.29) is 0 Å². The highest BCUT2D eigenvalue weighted by Gasteiger charge is 2.17. The third kappa shape index (κ3) is 1.42. The molecule has 2 heteroatoms. The molecular weight excluding hydrogens is 152 g/mol. The Morgan fingerprint density at radius 3 is 2.25 bits per heavy atom. The van der Waals surface area contributed by atoms with Gasteiger partial charge in [-0.05, 0) is 44.8 Å². The van der Waals surface area contributed by atoms with Gasteiger partial charge in [0, 0.05) is 5.57 Å². The number of carboxylic acids is 1. The molecule has 0 spiro atoms. The Morgan fingerprint density at radius 2 is 1.75 bits per heavy atom. The average Bonchev–Trinajstić information content (AvgIpc) is 2.00. The molecule has 0 saturated heterocycles. The van der Waals surface area contributed by atoms with Crippen LogP contribution in [0.4, 0.5) is 0 Å². The van der Waals surface area contributed by atoms with E-state index < -0.39 is 5.97 Å². The summed E-state index contributed by atoms with van der Waals surface area (Å²) in [5.74, 6) is -0.764. The minimum absolute atomic E-state index is 0.582. The van der Waals surface area contributed by atoms with Gasteiger partial charge in [-0.3, -0.25) is 0 Å². The van der Waals surface area contributed by atoms with Gasteiger partial charge in [0.15, 0.2) is 0 Å². The van der Waals surface area contributed by atoms with Gasteiger partial charge in [-0.2, -0.15) is 0 Å². The molecule has 0 fully saturated rings. The summed E-state index contributed by atoms with van der Waals surface area (Å²) in [5.41, 5.74) is 4.00. The Kier molecular flexibility index (Phi) is 2.36. The largest absolute Gasteiger partial charge is 0.478 e. The summed E-state index contributed by atoms with van der Waals surface area (Å²) < 4.78 is 0. The smallest absolute Gasteiger partial charge is 0.331 e. The molecule has 0 radical (unpaired) electrons. The summed E-state index contributed by atoms with van der Waals surface area (Å²) in [5, 5.41) is 8.83. The van der Waals surface area contributed by atoms with E-state index in [2.05, 4.69) is 6.92 Å². The van der Waals surface area contributed by atoms with E-state index in [4.69, 9.17) is 5.11 Å². The summed E-state index contributed by atoms with van der Waals surface area (Å²) in [7, 11) is 0. The van der Waals surface area contributed by atoms with Crippen LogP contribution < -0.4 is 0 Å². The van der Waals surface area contributed by atoms with Crippen LogP contribution in [0.1, 0.15) is 33.6 Å². The fraction of sp³-hybridized carbons (Fsp3) is 0.500. The zero-order valence-electron chi connectivity index (χ0n) is 7.77. The Hall–Kier alpha value is -1.05. The Balaban J connectivity index is 3.11. The molecule has 1 rings (SSSR count). The fourth-order valence-corrected chi connectivity index (χ4v) is 1.50. The Morgan fingerprint density at radius 1 is 1.17 bits per heavy atom. The van der Waals surface area contributed by atoms with Gasteiger partial charge in [-0.1, -0.05) is 5.57 Å². The van der Waals surface area contributed by atoms with Crippen LogP contribution >= 0.6 is 0 Å². The monoisotopic (exact) mass is 166 g/mol. The first-order valence-corrected chi connectivity index (χ1v) is 4.13. The lowest BCUT2D eigenvalue weighted by atomic mass is 9.88. The maximum absolute atomic E-state index is 10.7. The molecule has 0 heterocycles. The second-order valence-corrected chi connectivity index (χ2v) is 3.31. The fourth-order valence-electron chi connectivity index (χ4n) is 1.50. The maximum Gasteiger partial charge on any atom is 0.331 e. The zero-order valence-corrected chi connectivity index (χ0v) is 7.77. The minimum atomic E-state index is -0.764. The van der Waals surface area contributed by atoms with Crippen molar-refractivity contribution in [2.24, 2.45) is 0 Å². The molecule has 0 saturated carbocycles. The minimum Gasteiger partial charge on any atom is -0.478 e. The number of hydrogen-bond acceptors (Lipinski definition) is 1. The van der Waals surface area contributed by atoms with Crippen molar-refractivity contribution in [3.05, 3.63) is 22.3 Å². The first-order valence-electron chi connectivity index (χ1n) is 4.13. The number of allylic oxidation sites excluding steroid dienone is 3. The lowest BCUT2D eigenvalue weighted by molar-refractivity contribution is -0.132. The molecule has 0 unspecified atom stereocenters. The molecular formula is C10H14O2. The predicted molar refractivity (Wildman–Crippen MR) is 47.9 cm³/mol. The van der Waals surface area contributed by atoms with Crippen molar-refractivity contribution >= 4 is 5.97 Å². The summed E-state index contributed by atoms with van der Waals surface area (Å²) in [6.45, 7) is 5.95. The highest BCUT2D eigenvalue weighted by Crippen LogP contribution is 2.29. The summed E-state index contributed by atoms with van der Waals surface area (Å²) >= 11 is 0. The van der Waals surface area contributed by atoms with Crippen LogP contribution in [0.5, 0.6) is 0 Å². The molecule has 1 aliphatic carbocycles. The third-order valence-corrected chi connectivity index (χ3v) is 2.66. The molecule has 2 nitrogen and oxygen atoms in total. The van der Waals surface area contributed by atoms with Gasteiger partial charge >= 0.3 is 5.97 Å². The van der Waals surface area contributed by atoms with Crippen LogP contribution in [0.15, 0.2) is 22.3 Å². The maximum atomic E-state index is 10.7. The van der Waals surface area contributed by atoms with Gasteiger partial charge in [-0.25, -0.2) is 4.79 Å². The highest BCUT2D eigenvalue weighted by molar-refractivity contribution is 5.88. The van der Waals surface area contributed by atoms with Crippen molar-refractivity contribution in [3.63, 3.8) is 0 Å². The molecule has 1 N–H and O–H groups in total. The lowest BCUT2D eigenvalue weighted by Gasteiger charge is -2.17. The van der Waals surface area contributed by atoms with Gasteiger partial charge in [-0.15, -0.1) is 0 Å². The first kappa shape index (κ1) is 9.04. The Bertz CT molecular complexity index is 282. The van der Waals surface area contributed by atoms with Crippen LogP contribution in [0, 0.1) is 0 Å². The van der Waals surface area contributed by atoms with Crippen LogP contribution in [-0.2, 0) is 4.79 Å². The van der Waals surface area contributed by atoms with E-state index in [1.165, 1.54) is 5.57 Å². The van der Waals surface area contributed by atoms with E-state index in [9.17, 15) is 4.79 Å². The van der Waals surface area contributed by atoms with Gasteiger partial charge in [0.1, 0.15) is 0 Å². The number of carbonyl (C=O) groups is 1. The van der Waals surface area contributed by atoms with Crippen molar-refractivity contribution in [1.29, 1.82) is 0 Å². The summed E-state index contributed by atoms with van der Waals surface area (Å²) in [4.78, 5) is 10.7. The molecule has 12 heavy (non-hydrogen) atoms. The van der Waals surface area contributed by atoms with Gasteiger partial charge in [0.05, 0.1) is 0 Å². The normalized spacial score (nSPS) is 18.6. The van der Waals surface area contributed by atoms with E-state index in [1.807, 2.05) is 13.8 Å². The van der Waals surface area contributed by atoms with Gasteiger partial charge < -0.3 is 5.11 Å². The second kappa shape index (κ2) is 3.13. The standard InChI is InChI=1S/C10H14O2/c1-6-4-5-9(10(11)12)8(3)7(6)2/h4-5H2,1-3H3,(H,11,12). The molecule has 0 aromatic rings. The topological polar surface area (TPSA) is 37.3 Å². The summed E-state index contributed by atoms with van der Waals surface area (Å²) in [6, 6.07) is 0. The van der Waals surface area contributed by atoms with Crippen LogP contribution in [0.2, 0.25) is 0 Å². The number of aliphatic carboxylic acids is 1. The Labute approximate surface area is 72.6 Å². The average molecular weight is 166 g/mol. The third-order valence-electron chi connectivity index (χ3n) is 2.66. The van der Waals surface area contributed by atoms with E-state index in [0.29, 0.717) is 12.0 Å². The van der Waals surface area contributed by atoms with E-state index in [0.717, 1.165) is 17.6 Å². The number of hydrogen-bond donors (Lipinski definition) is 1. The van der Waals surface area contributed by atoms with Crippen LogP contribution in [-0.4, -0.2) is 11.1 Å². The van der Waals surface area contributed by atoms with E-state index in [1.54, 1.807) is 0 Å². The van der Waals surface area contributed by atoms with Crippen molar-refractivity contribution in [3.8, 4) is 0 Å². The second-order valence-electron chi connectivity index (χ2n) is 3.31.